The number of fused-ring (bicyclic) bond motifs is 1. The highest BCUT2D eigenvalue weighted by molar-refractivity contribution is 6.21. The van der Waals surface area contributed by atoms with Crippen molar-refractivity contribution in [2.45, 2.75) is 19.8 Å². The molecular weight excluding hydrogens is 294 g/mol. The van der Waals surface area contributed by atoms with Crippen LogP contribution < -0.4 is 0 Å². The lowest BCUT2D eigenvalue weighted by Gasteiger charge is -2.14. The second-order valence-corrected chi connectivity index (χ2v) is 5.24. The number of imide groups is 1. The Morgan fingerprint density at radius 2 is 1.52 bits per heavy atom. The number of hydrogen-bond donors (Lipinski definition) is 0. The van der Waals surface area contributed by atoms with Gasteiger partial charge in [0, 0.05) is 0 Å². The maximum atomic E-state index is 12.4. The van der Waals surface area contributed by atoms with Crippen LogP contribution in [0, 0.1) is 0 Å². The fourth-order valence-electron chi connectivity index (χ4n) is 2.59. The molecule has 0 bridgehead atoms. The first kappa shape index (κ1) is 15.0. The summed E-state index contributed by atoms with van der Waals surface area (Å²) in [6, 6.07) is 13.4. The Morgan fingerprint density at radius 3 is 2.13 bits per heavy atom. The molecule has 5 nitrogen and oxygen atoms in total. The van der Waals surface area contributed by atoms with Crippen LogP contribution in [0.2, 0.25) is 0 Å². The van der Waals surface area contributed by atoms with Crippen molar-refractivity contribution in [3.63, 3.8) is 0 Å². The quantitative estimate of drug-likeness (QED) is 0.814. The Morgan fingerprint density at radius 1 is 0.957 bits per heavy atom. The molecule has 1 aliphatic heterocycles. The molecule has 0 saturated carbocycles. The summed E-state index contributed by atoms with van der Waals surface area (Å²) in [6.07, 6.45) is 1.59. The SMILES string of the molecule is CCCc1ccccc1C(=O)ON1C(=O)c2ccccc2C1=O. The molecule has 0 fully saturated rings. The molecule has 2 aromatic carbocycles. The minimum atomic E-state index is -0.705. The first-order chi connectivity index (χ1) is 11.1. The fraction of sp³-hybridized carbons (Fsp3) is 0.167. The zero-order valence-electron chi connectivity index (χ0n) is 12.6. The van der Waals surface area contributed by atoms with Crippen LogP contribution in [-0.2, 0) is 11.3 Å². The van der Waals surface area contributed by atoms with E-state index in [1.807, 2.05) is 19.1 Å². The molecule has 0 spiro atoms. The van der Waals surface area contributed by atoms with Gasteiger partial charge in [0.15, 0.2) is 0 Å². The van der Waals surface area contributed by atoms with Crippen molar-refractivity contribution in [1.29, 1.82) is 0 Å². The molecule has 2 amide bonds. The van der Waals surface area contributed by atoms with Crippen LogP contribution in [0.4, 0.5) is 0 Å². The molecule has 0 N–H and O–H groups in total. The lowest BCUT2D eigenvalue weighted by Crippen LogP contribution is -2.33. The van der Waals surface area contributed by atoms with E-state index in [1.54, 1.807) is 24.3 Å². The van der Waals surface area contributed by atoms with Gasteiger partial charge < -0.3 is 4.84 Å². The van der Waals surface area contributed by atoms with E-state index in [-0.39, 0.29) is 11.1 Å². The first-order valence-electron chi connectivity index (χ1n) is 7.41. The van der Waals surface area contributed by atoms with Crippen molar-refractivity contribution in [2.75, 3.05) is 0 Å². The van der Waals surface area contributed by atoms with Crippen molar-refractivity contribution in [3.05, 3.63) is 70.8 Å². The second-order valence-electron chi connectivity index (χ2n) is 5.24. The molecule has 1 heterocycles. The predicted octanol–water partition coefficient (Wildman–Crippen LogP) is 3.01. The van der Waals surface area contributed by atoms with E-state index in [0.29, 0.717) is 17.0 Å². The lowest BCUT2D eigenvalue weighted by molar-refractivity contribution is -0.0585. The normalized spacial score (nSPS) is 13.2. The van der Waals surface area contributed by atoms with E-state index < -0.39 is 17.8 Å². The van der Waals surface area contributed by atoms with Crippen LogP contribution in [0.25, 0.3) is 0 Å². The monoisotopic (exact) mass is 309 g/mol. The zero-order valence-corrected chi connectivity index (χ0v) is 12.6. The molecule has 0 atom stereocenters. The molecule has 0 aromatic heterocycles. The van der Waals surface area contributed by atoms with Gasteiger partial charge in [0.25, 0.3) is 11.8 Å². The average molecular weight is 309 g/mol. The standard InChI is InChI=1S/C18H15NO4/c1-2-7-12-8-3-4-9-13(12)18(22)23-19-16(20)14-10-5-6-11-15(14)17(19)21/h3-6,8-11H,2,7H2,1H3. The van der Waals surface area contributed by atoms with Crippen LogP contribution in [0.3, 0.4) is 0 Å². The van der Waals surface area contributed by atoms with Crippen molar-refractivity contribution in [1.82, 2.24) is 5.06 Å². The summed E-state index contributed by atoms with van der Waals surface area (Å²) in [7, 11) is 0. The summed E-state index contributed by atoms with van der Waals surface area (Å²) in [5.41, 5.74) is 1.68. The third kappa shape index (κ3) is 2.61. The molecule has 5 heteroatoms. The fourth-order valence-corrected chi connectivity index (χ4v) is 2.59. The number of rotatable bonds is 4. The highest BCUT2D eigenvalue weighted by Gasteiger charge is 2.38. The number of amides is 2. The van der Waals surface area contributed by atoms with E-state index in [9.17, 15) is 14.4 Å². The Bertz CT molecular complexity index is 762. The molecule has 0 saturated heterocycles. The summed E-state index contributed by atoms with van der Waals surface area (Å²) in [5, 5.41) is 0.537. The van der Waals surface area contributed by atoms with Crippen molar-refractivity contribution in [3.8, 4) is 0 Å². The maximum Gasteiger partial charge on any atom is 0.364 e. The average Bonchev–Trinajstić information content (AvgIpc) is 2.81. The van der Waals surface area contributed by atoms with Gasteiger partial charge in [-0.2, -0.15) is 0 Å². The minimum absolute atomic E-state index is 0.243. The molecule has 0 radical (unpaired) electrons. The van der Waals surface area contributed by atoms with Crippen LogP contribution in [0.15, 0.2) is 48.5 Å². The third-order valence-corrected chi connectivity index (χ3v) is 3.69. The molecular formula is C18H15NO4. The summed E-state index contributed by atoms with van der Waals surface area (Å²) < 4.78 is 0. The van der Waals surface area contributed by atoms with Crippen LogP contribution >= 0.6 is 0 Å². The summed E-state index contributed by atoms with van der Waals surface area (Å²) in [4.78, 5) is 41.9. The molecule has 0 aliphatic carbocycles. The van der Waals surface area contributed by atoms with E-state index in [1.165, 1.54) is 12.1 Å². The largest absolute Gasteiger partial charge is 0.364 e. The van der Waals surface area contributed by atoms with E-state index >= 15 is 0 Å². The number of carbonyl (C=O) groups is 3. The lowest BCUT2D eigenvalue weighted by atomic mass is 10.0. The molecule has 1 aliphatic rings. The summed E-state index contributed by atoms with van der Waals surface area (Å²) >= 11 is 0. The number of hydroxylamine groups is 2. The zero-order chi connectivity index (χ0) is 16.4. The van der Waals surface area contributed by atoms with E-state index in [0.717, 1.165) is 12.0 Å². The van der Waals surface area contributed by atoms with Crippen LogP contribution in [-0.4, -0.2) is 22.8 Å². The van der Waals surface area contributed by atoms with E-state index in [2.05, 4.69) is 0 Å². The van der Waals surface area contributed by atoms with Crippen molar-refractivity contribution in [2.24, 2.45) is 0 Å². The van der Waals surface area contributed by atoms with Crippen molar-refractivity contribution < 1.29 is 19.2 Å². The van der Waals surface area contributed by atoms with Crippen LogP contribution in [0.5, 0.6) is 0 Å². The Kier molecular flexibility index (Phi) is 3.93. The topological polar surface area (TPSA) is 63.7 Å². The Balaban J connectivity index is 1.85. The van der Waals surface area contributed by atoms with E-state index in [4.69, 9.17) is 4.84 Å². The smallest absolute Gasteiger partial charge is 0.324 e. The van der Waals surface area contributed by atoms with Gasteiger partial charge in [-0.15, -0.1) is 0 Å². The molecule has 23 heavy (non-hydrogen) atoms. The number of aryl methyl sites for hydroxylation is 1. The van der Waals surface area contributed by atoms with Gasteiger partial charge in [-0.25, -0.2) is 4.79 Å². The molecule has 3 rings (SSSR count). The minimum Gasteiger partial charge on any atom is -0.324 e. The van der Waals surface area contributed by atoms with Gasteiger partial charge in [-0.05, 0) is 30.2 Å². The number of carbonyl (C=O) groups excluding carboxylic acids is 3. The van der Waals surface area contributed by atoms with Gasteiger partial charge >= 0.3 is 5.97 Å². The van der Waals surface area contributed by atoms with Gasteiger partial charge in [0.2, 0.25) is 0 Å². The Hall–Kier alpha value is -2.95. The maximum absolute atomic E-state index is 12.4. The Labute approximate surface area is 133 Å². The summed E-state index contributed by atoms with van der Waals surface area (Å²) in [6.45, 7) is 2.01. The third-order valence-electron chi connectivity index (χ3n) is 3.69. The van der Waals surface area contributed by atoms with Crippen LogP contribution in [0.1, 0.15) is 50.0 Å². The first-order valence-corrected chi connectivity index (χ1v) is 7.41. The highest BCUT2D eigenvalue weighted by Crippen LogP contribution is 2.24. The molecule has 116 valence electrons. The van der Waals surface area contributed by atoms with Gasteiger partial charge in [-0.3, -0.25) is 9.59 Å². The second kappa shape index (κ2) is 6.04. The number of benzene rings is 2. The highest BCUT2D eigenvalue weighted by atomic mass is 16.7. The van der Waals surface area contributed by atoms with Gasteiger partial charge in [0.1, 0.15) is 0 Å². The molecule has 0 unspecified atom stereocenters. The van der Waals surface area contributed by atoms with Gasteiger partial charge in [0.05, 0.1) is 16.7 Å². The number of nitrogens with zero attached hydrogens (tertiary/aromatic N) is 1. The summed E-state index contributed by atoms with van der Waals surface area (Å²) in [5.74, 6) is -1.94. The number of hydrogen-bond acceptors (Lipinski definition) is 4. The predicted molar refractivity (Wildman–Crippen MR) is 82.8 cm³/mol. The van der Waals surface area contributed by atoms with Crippen molar-refractivity contribution >= 4 is 17.8 Å². The molecule has 2 aromatic rings. The van der Waals surface area contributed by atoms with Gasteiger partial charge in [-0.1, -0.05) is 48.7 Å².